The van der Waals surface area contributed by atoms with Crippen LogP contribution in [0, 0.1) is 0 Å². The minimum Gasteiger partial charge on any atom is -0.463 e. The molecule has 1 N–H and O–H groups in total. The highest BCUT2D eigenvalue weighted by Crippen LogP contribution is 2.26. The van der Waals surface area contributed by atoms with E-state index in [4.69, 9.17) is 10.3 Å². The van der Waals surface area contributed by atoms with Crippen LogP contribution in [0.15, 0.2) is 16.8 Å². The average molecular weight is 225 g/mol. The molecule has 6 heteroatoms. The van der Waals surface area contributed by atoms with Crippen LogP contribution in [-0.4, -0.2) is 29.8 Å². The Kier molecular flexibility index (Phi) is 4.82. The van der Waals surface area contributed by atoms with Crippen molar-refractivity contribution in [1.82, 2.24) is 0 Å². The molecule has 0 bridgehead atoms. The SMILES string of the molecule is CCOC(=O)/C=C1/CCC[C@H](O)[C@@H]1N=[N+]=[N-]. The van der Waals surface area contributed by atoms with Gasteiger partial charge in [-0.15, -0.1) is 0 Å². The van der Waals surface area contributed by atoms with Crippen molar-refractivity contribution in [2.24, 2.45) is 5.11 Å². The Balaban J connectivity index is 2.82. The van der Waals surface area contributed by atoms with Crippen LogP contribution in [0.25, 0.3) is 10.4 Å². The van der Waals surface area contributed by atoms with Gasteiger partial charge in [-0.3, -0.25) is 0 Å². The summed E-state index contributed by atoms with van der Waals surface area (Å²) in [6.07, 6.45) is 2.64. The number of carbonyl (C=O) groups excluding carboxylic acids is 1. The fraction of sp³-hybridized carbons (Fsp3) is 0.700. The van der Waals surface area contributed by atoms with Gasteiger partial charge in [-0.05, 0) is 31.7 Å². The van der Waals surface area contributed by atoms with Crippen molar-refractivity contribution in [2.75, 3.05) is 6.61 Å². The molecule has 0 aliphatic heterocycles. The zero-order chi connectivity index (χ0) is 12.0. The van der Waals surface area contributed by atoms with Gasteiger partial charge in [0.2, 0.25) is 0 Å². The molecule has 0 aromatic rings. The second kappa shape index (κ2) is 6.15. The second-order valence-corrected chi connectivity index (χ2v) is 3.58. The largest absolute Gasteiger partial charge is 0.463 e. The van der Waals surface area contributed by atoms with E-state index in [1.165, 1.54) is 6.08 Å². The number of nitrogens with zero attached hydrogens (tertiary/aromatic N) is 3. The molecule has 1 aliphatic carbocycles. The van der Waals surface area contributed by atoms with Crippen LogP contribution in [0.4, 0.5) is 0 Å². The van der Waals surface area contributed by atoms with Crippen molar-refractivity contribution in [3.63, 3.8) is 0 Å². The zero-order valence-corrected chi connectivity index (χ0v) is 9.17. The maximum Gasteiger partial charge on any atom is 0.330 e. The number of carbonyl (C=O) groups is 1. The summed E-state index contributed by atoms with van der Waals surface area (Å²) >= 11 is 0. The molecule has 0 unspecified atom stereocenters. The highest BCUT2D eigenvalue weighted by atomic mass is 16.5. The van der Waals surface area contributed by atoms with Crippen molar-refractivity contribution in [2.45, 2.75) is 38.3 Å². The van der Waals surface area contributed by atoms with E-state index in [9.17, 15) is 9.90 Å². The maximum absolute atomic E-state index is 11.3. The fourth-order valence-corrected chi connectivity index (χ4v) is 1.77. The highest BCUT2D eigenvalue weighted by molar-refractivity contribution is 5.83. The smallest absolute Gasteiger partial charge is 0.330 e. The summed E-state index contributed by atoms with van der Waals surface area (Å²) in [4.78, 5) is 13.9. The Labute approximate surface area is 93.5 Å². The molecule has 1 fully saturated rings. The van der Waals surface area contributed by atoms with Crippen molar-refractivity contribution in [1.29, 1.82) is 0 Å². The van der Waals surface area contributed by atoms with Crippen molar-refractivity contribution in [3.05, 3.63) is 22.1 Å². The quantitative estimate of drug-likeness (QED) is 0.260. The Morgan fingerprint density at radius 1 is 1.81 bits per heavy atom. The number of hydrogen-bond donors (Lipinski definition) is 1. The van der Waals surface area contributed by atoms with Crippen LogP contribution < -0.4 is 0 Å². The molecule has 0 heterocycles. The van der Waals surface area contributed by atoms with E-state index in [0.29, 0.717) is 25.0 Å². The molecule has 0 aromatic carbocycles. The van der Waals surface area contributed by atoms with Gasteiger partial charge in [-0.2, -0.15) is 0 Å². The number of rotatable bonds is 3. The summed E-state index contributed by atoms with van der Waals surface area (Å²) in [5, 5.41) is 13.2. The van der Waals surface area contributed by atoms with E-state index < -0.39 is 18.1 Å². The summed E-state index contributed by atoms with van der Waals surface area (Å²) in [5.74, 6) is -0.454. The predicted molar refractivity (Wildman–Crippen MR) is 57.5 cm³/mol. The van der Waals surface area contributed by atoms with Crippen LogP contribution in [-0.2, 0) is 9.53 Å². The average Bonchev–Trinajstić information content (AvgIpc) is 2.23. The third kappa shape index (κ3) is 3.25. The molecule has 0 radical (unpaired) electrons. The summed E-state index contributed by atoms with van der Waals surface area (Å²) in [6.45, 7) is 2.02. The molecular formula is C10H15N3O3. The first-order valence-electron chi connectivity index (χ1n) is 5.28. The van der Waals surface area contributed by atoms with E-state index >= 15 is 0 Å². The number of aliphatic hydroxyl groups excluding tert-OH is 1. The molecule has 1 rings (SSSR count). The van der Waals surface area contributed by atoms with E-state index in [1.54, 1.807) is 6.92 Å². The standard InChI is InChI=1S/C10H15N3O3/c1-2-16-9(15)6-7-4-3-5-8(14)10(7)12-13-11/h6,8,10,14H,2-5H2,1H3/b7-6-/t8-,10+/m0/s1. The molecule has 1 aliphatic rings. The van der Waals surface area contributed by atoms with Gasteiger partial charge in [0.05, 0.1) is 18.8 Å². The van der Waals surface area contributed by atoms with Gasteiger partial charge in [0.25, 0.3) is 0 Å². The fourth-order valence-electron chi connectivity index (χ4n) is 1.77. The summed E-state index contributed by atoms with van der Waals surface area (Å²) in [6, 6.07) is -0.636. The summed E-state index contributed by atoms with van der Waals surface area (Å²) in [5.41, 5.74) is 9.04. The number of aliphatic hydroxyl groups is 1. The van der Waals surface area contributed by atoms with Crippen LogP contribution in [0.5, 0.6) is 0 Å². The lowest BCUT2D eigenvalue weighted by Gasteiger charge is -2.26. The van der Waals surface area contributed by atoms with Gasteiger partial charge in [-0.1, -0.05) is 10.7 Å². The van der Waals surface area contributed by atoms with Crippen molar-refractivity contribution in [3.8, 4) is 0 Å². The molecule has 2 atom stereocenters. The van der Waals surface area contributed by atoms with Crippen molar-refractivity contribution >= 4 is 5.97 Å². The van der Waals surface area contributed by atoms with E-state index in [1.807, 2.05) is 0 Å². The molecule has 0 aromatic heterocycles. The molecule has 0 spiro atoms. The lowest BCUT2D eigenvalue weighted by Crippen LogP contribution is -2.30. The van der Waals surface area contributed by atoms with E-state index in [-0.39, 0.29) is 0 Å². The zero-order valence-electron chi connectivity index (χ0n) is 9.17. The first-order chi connectivity index (χ1) is 7.69. The predicted octanol–water partition coefficient (Wildman–Crippen LogP) is 1.70. The third-order valence-corrected chi connectivity index (χ3v) is 2.48. The van der Waals surface area contributed by atoms with Crippen molar-refractivity contribution < 1.29 is 14.6 Å². The Bertz CT molecular complexity index is 334. The first kappa shape index (κ1) is 12.5. The normalized spacial score (nSPS) is 27.2. The first-order valence-corrected chi connectivity index (χ1v) is 5.28. The summed E-state index contributed by atoms with van der Waals surface area (Å²) in [7, 11) is 0. The van der Waals surface area contributed by atoms with E-state index in [0.717, 1.165) is 6.42 Å². The molecule has 6 nitrogen and oxygen atoms in total. The lowest BCUT2D eigenvalue weighted by molar-refractivity contribution is -0.137. The second-order valence-electron chi connectivity index (χ2n) is 3.58. The maximum atomic E-state index is 11.3. The molecule has 0 saturated heterocycles. The third-order valence-electron chi connectivity index (χ3n) is 2.48. The Hall–Kier alpha value is -1.52. The molecule has 88 valence electrons. The Morgan fingerprint density at radius 2 is 2.56 bits per heavy atom. The Morgan fingerprint density at radius 3 is 3.19 bits per heavy atom. The number of ether oxygens (including phenoxy) is 1. The molecule has 0 amide bonds. The number of hydrogen-bond acceptors (Lipinski definition) is 4. The minimum absolute atomic E-state index is 0.303. The van der Waals surface area contributed by atoms with Gasteiger partial charge in [-0.25, -0.2) is 4.79 Å². The van der Waals surface area contributed by atoms with Crippen LogP contribution >= 0.6 is 0 Å². The van der Waals surface area contributed by atoms with Crippen LogP contribution in [0.2, 0.25) is 0 Å². The molecular weight excluding hydrogens is 210 g/mol. The minimum atomic E-state index is -0.703. The van der Waals surface area contributed by atoms with Crippen LogP contribution in [0.3, 0.4) is 0 Å². The molecule has 1 saturated carbocycles. The number of azide groups is 1. The topological polar surface area (TPSA) is 95.3 Å². The van der Waals surface area contributed by atoms with Gasteiger partial charge in [0.1, 0.15) is 0 Å². The van der Waals surface area contributed by atoms with Gasteiger partial charge in [0, 0.05) is 11.0 Å². The molecule has 16 heavy (non-hydrogen) atoms. The van der Waals surface area contributed by atoms with E-state index in [2.05, 4.69) is 10.0 Å². The van der Waals surface area contributed by atoms with Crippen LogP contribution in [0.1, 0.15) is 26.2 Å². The monoisotopic (exact) mass is 225 g/mol. The lowest BCUT2D eigenvalue weighted by atomic mass is 9.88. The van der Waals surface area contributed by atoms with Gasteiger partial charge >= 0.3 is 5.97 Å². The highest BCUT2D eigenvalue weighted by Gasteiger charge is 2.26. The van der Waals surface area contributed by atoms with Gasteiger partial charge in [0.15, 0.2) is 0 Å². The van der Waals surface area contributed by atoms with Gasteiger partial charge < -0.3 is 9.84 Å². The summed E-state index contributed by atoms with van der Waals surface area (Å²) < 4.78 is 4.77. The number of esters is 1.